The van der Waals surface area contributed by atoms with Gasteiger partial charge in [-0.15, -0.1) is 0 Å². The van der Waals surface area contributed by atoms with Gasteiger partial charge in [-0.1, -0.05) is 0 Å². The van der Waals surface area contributed by atoms with Crippen LogP contribution in [0.2, 0.25) is 0 Å². The Morgan fingerprint density at radius 2 is 1.60 bits per heavy atom. The topological polar surface area (TPSA) is 6.25 Å². The van der Waals surface area contributed by atoms with Crippen molar-refractivity contribution in [1.82, 2.24) is 9.80 Å². The average Bonchev–Trinajstić information content (AvgIpc) is 2.80. The number of likely N-dealkylation sites (tertiary alicyclic amines) is 1. The Labute approximate surface area is 94.6 Å². The van der Waals surface area contributed by atoms with Crippen LogP contribution >= 0.6 is 0 Å². The van der Waals surface area contributed by atoms with Crippen LogP contribution in [0.3, 0.4) is 0 Å². The summed E-state index contributed by atoms with van der Waals surface area (Å²) in [6, 6.07) is 0.726. The predicted molar refractivity (Wildman–Crippen MR) is 65.1 cm³/mol. The van der Waals surface area contributed by atoms with Gasteiger partial charge in [0.2, 0.25) is 0 Å². The van der Waals surface area contributed by atoms with Gasteiger partial charge < -0.3 is 4.90 Å². The van der Waals surface area contributed by atoms with E-state index in [0.717, 1.165) is 6.04 Å². The zero-order chi connectivity index (χ0) is 11.3. The van der Waals surface area contributed by atoms with E-state index in [1.807, 2.05) is 0 Å². The number of hydrogen-bond donors (Lipinski definition) is 0. The molecule has 2 saturated heterocycles. The summed E-state index contributed by atoms with van der Waals surface area (Å²) in [5.74, 6) is 0. The van der Waals surface area contributed by atoms with E-state index in [2.05, 4.69) is 44.4 Å². The van der Waals surface area contributed by atoms with Crippen LogP contribution in [0.4, 0.5) is 0 Å². The number of rotatable bonds is 1. The third-order valence-electron chi connectivity index (χ3n) is 4.19. The standard InChI is InChI=1S/C13H26N2/c1-11(2)14-8-6-13(7-9-14)10-15(13)12(3,4)5/h11H,6-10H2,1-5H3. The van der Waals surface area contributed by atoms with Crippen molar-refractivity contribution in [3.8, 4) is 0 Å². The van der Waals surface area contributed by atoms with Crippen LogP contribution in [0.25, 0.3) is 0 Å². The van der Waals surface area contributed by atoms with Gasteiger partial charge in [0.25, 0.3) is 0 Å². The maximum atomic E-state index is 2.69. The molecule has 2 nitrogen and oxygen atoms in total. The molecule has 0 saturated carbocycles. The highest BCUT2D eigenvalue weighted by Crippen LogP contribution is 2.46. The molecule has 0 bridgehead atoms. The molecular weight excluding hydrogens is 184 g/mol. The molecule has 0 aromatic rings. The Hall–Kier alpha value is -0.0800. The Morgan fingerprint density at radius 1 is 1.07 bits per heavy atom. The first-order valence-electron chi connectivity index (χ1n) is 6.37. The minimum absolute atomic E-state index is 0.375. The fraction of sp³-hybridized carbons (Fsp3) is 1.00. The maximum Gasteiger partial charge on any atom is 0.0367 e. The molecular formula is C13H26N2. The summed E-state index contributed by atoms with van der Waals surface area (Å²) in [6.07, 6.45) is 2.75. The first-order chi connectivity index (χ1) is 6.85. The van der Waals surface area contributed by atoms with E-state index in [4.69, 9.17) is 0 Å². The molecule has 0 aromatic heterocycles. The van der Waals surface area contributed by atoms with Crippen molar-refractivity contribution in [2.45, 2.75) is 64.6 Å². The monoisotopic (exact) mass is 210 g/mol. The third kappa shape index (κ3) is 2.07. The highest BCUT2D eigenvalue weighted by atomic mass is 15.4. The lowest BCUT2D eigenvalue weighted by Gasteiger charge is -2.37. The second-order valence-corrected chi connectivity index (χ2v) is 6.61. The summed E-state index contributed by atoms with van der Waals surface area (Å²) >= 11 is 0. The summed E-state index contributed by atoms with van der Waals surface area (Å²) in [6.45, 7) is 15.6. The largest absolute Gasteiger partial charge is 0.301 e. The molecule has 2 fully saturated rings. The van der Waals surface area contributed by atoms with Crippen LogP contribution in [0.5, 0.6) is 0 Å². The Balaban J connectivity index is 1.91. The van der Waals surface area contributed by atoms with E-state index in [-0.39, 0.29) is 0 Å². The molecule has 0 aliphatic carbocycles. The summed E-state index contributed by atoms with van der Waals surface area (Å²) in [5, 5.41) is 0. The van der Waals surface area contributed by atoms with E-state index >= 15 is 0 Å². The van der Waals surface area contributed by atoms with Gasteiger partial charge >= 0.3 is 0 Å². The molecule has 1 spiro atoms. The van der Waals surface area contributed by atoms with Crippen molar-refractivity contribution in [3.05, 3.63) is 0 Å². The molecule has 2 heterocycles. The lowest BCUT2D eigenvalue weighted by molar-refractivity contribution is 0.123. The molecule has 0 aromatic carbocycles. The third-order valence-corrected chi connectivity index (χ3v) is 4.19. The fourth-order valence-electron chi connectivity index (χ4n) is 3.09. The van der Waals surface area contributed by atoms with Gasteiger partial charge in [0, 0.05) is 36.8 Å². The number of hydrogen-bond acceptors (Lipinski definition) is 2. The minimum Gasteiger partial charge on any atom is -0.301 e. The molecule has 15 heavy (non-hydrogen) atoms. The van der Waals surface area contributed by atoms with Gasteiger partial charge in [0.05, 0.1) is 0 Å². The molecule has 0 N–H and O–H groups in total. The molecule has 2 heteroatoms. The van der Waals surface area contributed by atoms with Crippen LogP contribution < -0.4 is 0 Å². The summed E-state index contributed by atoms with van der Waals surface area (Å²) in [5.41, 5.74) is 0.962. The van der Waals surface area contributed by atoms with Crippen molar-refractivity contribution >= 4 is 0 Å². The van der Waals surface area contributed by atoms with Crippen molar-refractivity contribution in [2.75, 3.05) is 19.6 Å². The first kappa shape index (κ1) is 11.4. The number of nitrogens with zero attached hydrogens (tertiary/aromatic N) is 2. The molecule has 1 atom stereocenters. The first-order valence-corrected chi connectivity index (χ1v) is 6.37. The van der Waals surface area contributed by atoms with E-state index in [0.29, 0.717) is 11.1 Å². The molecule has 2 aliphatic rings. The van der Waals surface area contributed by atoms with Gasteiger partial charge in [-0.25, -0.2) is 0 Å². The fourth-order valence-corrected chi connectivity index (χ4v) is 3.09. The van der Waals surface area contributed by atoms with Crippen LogP contribution in [-0.2, 0) is 0 Å². The van der Waals surface area contributed by atoms with Crippen molar-refractivity contribution in [3.63, 3.8) is 0 Å². The van der Waals surface area contributed by atoms with Gasteiger partial charge in [0.1, 0.15) is 0 Å². The van der Waals surface area contributed by atoms with Crippen molar-refractivity contribution < 1.29 is 0 Å². The SMILES string of the molecule is CC(C)N1CCC2(CC1)CN2C(C)(C)C. The summed E-state index contributed by atoms with van der Waals surface area (Å²) < 4.78 is 0. The predicted octanol–water partition coefficient (Wildman–Crippen LogP) is 2.34. The molecule has 0 amide bonds. The van der Waals surface area contributed by atoms with Crippen LogP contribution in [0, 0.1) is 0 Å². The van der Waals surface area contributed by atoms with E-state index in [1.54, 1.807) is 0 Å². The van der Waals surface area contributed by atoms with Gasteiger partial charge in [-0.05, 0) is 47.5 Å². The van der Waals surface area contributed by atoms with Gasteiger partial charge in [-0.2, -0.15) is 0 Å². The second-order valence-electron chi connectivity index (χ2n) is 6.61. The lowest BCUT2D eigenvalue weighted by Crippen LogP contribution is -2.45. The van der Waals surface area contributed by atoms with Crippen LogP contribution in [0.15, 0.2) is 0 Å². The minimum atomic E-state index is 0.375. The highest BCUT2D eigenvalue weighted by Gasteiger charge is 2.56. The van der Waals surface area contributed by atoms with E-state index in [9.17, 15) is 0 Å². The maximum absolute atomic E-state index is 2.69. The van der Waals surface area contributed by atoms with Crippen molar-refractivity contribution in [1.29, 1.82) is 0 Å². The Morgan fingerprint density at radius 3 is 1.93 bits per heavy atom. The second kappa shape index (κ2) is 3.46. The number of piperidine rings is 1. The normalized spacial score (nSPS) is 31.2. The lowest BCUT2D eigenvalue weighted by atomic mass is 9.94. The molecule has 2 aliphatic heterocycles. The summed E-state index contributed by atoms with van der Waals surface area (Å²) in [7, 11) is 0. The average molecular weight is 210 g/mol. The smallest absolute Gasteiger partial charge is 0.0367 e. The van der Waals surface area contributed by atoms with Gasteiger partial charge in [-0.3, -0.25) is 4.90 Å². The van der Waals surface area contributed by atoms with Crippen molar-refractivity contribution in [2.24, 2.45) is 0 Å². The van der Waals surface area contributed by atoms with Gasteiger partial charge in [0.15, 0.2) is 0 Å². The molecule has 88 valence electrons. The zero-order valence-corrected chi connectivity index (χ0v) is 11.0. The molecule has 1 unspecified atom stereocenters. The summed E-state index contributed by atoms with van der Waals surface area (Å²) in [4.78, 5) is 5.31. The van der Waals surface area contributed by atoms with Crippen LogP contribution in [-0.4, -0.2) is 46.6 Å². The Bertz CT molecular complexity index is 231. The van der Waals surface area contributed by atoms with Crippen LogP contribution in [0.1, 0.15) is 47.5 Å². The van der Waals surface area contributed by atoms with E-state index in [1.165, 1.54) is 32.5 Å². The molecule has 2 rings (SSSR count). The quantitative estimate of drug-likeness (QED) is 0.613. The zero-order valence-electron chi connectivity index (χ0n) is 11.0. The molecule has 0 radical (unpaired) electrons. The van der Waals surface area contributed by atoms with E-state index < -0.39 is 0 Å². The highest BCUT2D eigenvalue weighted by molar-refractivity contribution is 5.13. The Kier molecular flexibility index (Phi) is 2.63.